The summed E-state index contributed by atoms with van der Waals surface area (Å²) >= 11 is 8.62. The molecule has 1 aromatic heterocycles. The van der Waals surface area contributed by atoms with E-state index in [1.807, 2.05) is 48.5 Å². The summed E-state index contributed by atoms with van der Waals surface area (Å²) in [6.45, 7) is 0. The maximum absolute atomic E-state index is 6.34. The van der Waals surface area contributed by atoms with Crippen molar-refractivity contribution in [2.24, 2.45) is 0 Å². The molecule has 0 N–H and O–H groups in total. The highest BCUT2D eigenvalue weighted by atomic mass is 127. The number of fused-ring (bicyclic) bond motifs is 1. The van der Waals surface area contributed by atoms with Crippen molar-refractivity contribution in [3.8, 4) is 11.3 Å². The quantitative estimate of drug-likeness (QED) is 0.543. The van der Waals surface area contributed by atoms with Crippen molar-refractivity contribution in [3.05, 3.63) is 63.2 Å². The van der Waals surface area contributed by atoms with Gasteiger partial charge in [-0.2, -0.15) is 0 Å². The summed E-state index contributed by atoms with van der Waals surface area (Å²) < 4.78 is 1.16. The average molecular weight is 366 g/mol. The van der Waals surface area contributed by atoms with Gasteiger partial charge in [0.25, 0.3) is 0 Å². The molecule has 3 aromatic rings. The van der Waals surface area contributed by atoms with Gasteiger partial charge in [0.05, 0.1) is 16.2 Å². The van der Waals surface area contributed by atoms with Gasteiger partial charge < -0.3 is 0 Å². The Balaban J connectivity index is 2.25. The summed E-state index contributed by atoms with van der Waals surface area (Å²) in [5.41, 5.74) is 2.93. The zero-order valence-corrected chi connectivity index (χ0v) is 12.3. The van der Waals surface area contributed by atoms with Gasteiger partial charge in [-0.05, 0) is 46.9 Å². The first-order valence-corrected chi connectivity index (χ1v) is 7.01. The smallest absolute Gasteiger partial charge is 0.0725 e. The Morgan fingerprint density at radius 2 is 1.72 bits per heavy atom. The number of nitrogens with zero attached hydrogens (tertiary/aromatic N) is 1. The van der Waals surface area contributed by atoms with Crippen molar-refractivity contribution < 1.29 is 0 Å². The highest BCUT2D eigenvalue weighted by Crippen LogP contribution is 2.28. The second-order valence-corrected chi connectivity index (χ2v) is 5.67. The van der Waals surface area contributed by atoms with E-state index < -0.39 is 0 Å². The second kappa shape index (κ2) is 4.86. The molecule has 0 aliphatic heterocycles. The number of pyridine rings is 1. The third-order valence-electron chi connectivity index (χ3n) is 2.79. The molecule has 0 atom stereocenters. The molecule has 0 bridgehead atoms. The van der Waals surface area contributed by atoms with Gasteiger partial charge in [0, 0.05) is 14.5 Å². The van der Waals surface area contributed by atoms with Gasteiger partial charge in [0.15, 0.2) is 0 Å². The Morgan fingerprint density at radius 1 is 0.944 bits per heavy atom. The van der Waals surface area contributed by atoms with Gasteiger partial charge in [-0.1, -0.05) is 41.9 Å². The summed E-state index contributed by atoms with van der Waals surface area (Å²) in [4.78, 5) is 4.66. The monoisotopic (exact) mass is 365 g/mol. The fourth-order valence-electron chi connectivity index (χ4n) is 1.91. The van der Waals surface area contributed by atoms with Crippen molar-refractivity contribution in [2.75, 3.05) is 0 Å². The van der Waals surface area contributed by atoms with Crippen LogP contribution in [-0.4, -0.2) is 4.98 Å². The summed E-state index contributed by atoms with van der Waals surface area (Å²) in [7, 11) is 0. The number of benzene rings is 2. The molecule has 2 aromatic carbocycles. The van der Waals surface area contributed by atoms with Crippen LogP contribution in [0.2, 0.25) is 5.02 Å². The summed E-state index contributed by atoms with van der Waals surface area (Å²) in [6.07, 6.45) is 0. The first-order chi connectivity index (χ1) is 8.74. The number of hydrogen-bond donors (Lipinski definition) is 0. The molecule has 0 radical (unpaired) electrons. The summed E-state index contributed by atoms with van der Waals surface area (Å²) in [5, 5.41) is 1.75. The fourth-order valence-corrected chi connectivity index (χ4v) is 2.66. The lowest BCUT2D eigenvalue weighted by Crippen LogP contribution is -1.87. The Hall–Kier alpha value is -1.13. The van der Waals surface area contributed by atoms with Crippen LogP contribution < -0.4 is 0 Å². The highest BCUT2D eigenvalue weighted by molar-refractivity contribution is 14.1. The van der Waals surface area contributed by atoms with E-state index in [2.05, 4.69) is 33.6 Å². The van der Waals surface area contributed by atoms with E-state index in [1.54, 1.807) is 0 Å². The minimum atomic E-state index is 0.748. The molecule has 0 fully saturated rings. The van der Waals surface area contributed by atoms with E-state index in [4.69, 9.17) is 11.6 Å². The van der Waals surface area contributed by atoms with Gasteiger partial charge in [-0.25, -0.2) is 4.98 Å². The fraction of sp³-hybridized carbons (Fsp3) is 0. The van der Waals surface area contributed by atoms with Crippen LogP contribution in [0.15, 0.2) is 54.6 Å². The van der Waals surface area contributed by atoms with Crippen LogP contribution in [0.5, 0.6) is 0 Å². The lowest BCUT2D eigenvalue weighted by Gasteiger charge is -2.06. The molecule has 0 saturated carbocycles. The van der Waals surface area contributed by atoms with Crippen LogP contribution >= 0.6 is 34.2 Å². The van der Waals surface area contributed by atoms with E-state index in [1.165, 1.54) is 0 Å². The van der Waals surface area contributed by atoms with Gasteiger partial charge in [0.1, 0.15) is 0 Å². The molecule has 0 amide bonds. The van der Waals surface area contributed by atoms with Crippen LogP contribution in [-0.2, 0) is 0 Å². The molecule has 0 spiro atoms. The van der Waals surface area contributed by atoms with Crippen LogP contribution in [0.3, 0.4) is 0 Å². The lowest BCUT2D eigenvalue weighted by atomic mass is 10.1. The molecule has 3 rings (SSSR count). The number of aromatic nitrogens is 1. The Kier molecular flexibility index (Phi) is 3.22. The predicted molar refractivity (Wildman–Crippen MR) is 84.9 cm³/mol. The van der Waals surface area contributed by atoms with Gasteiger partial charge in [0.2, 0.25) is 0 Å². The minimum Gasteiger partial charge on any atom is -0.248 e. The third-order valence-corrected chi connectivity index (χ3v) is 3.77. The second-order valence-electron chi connectivity index (χ2n) is 4.02. The predicted octanol–water partition coefficient (Wildman–Crippen LogP) is 5.16. The molecule has 0 aliphatic carbocycles. The molecule has 1 heterocycles. The zero-order valence-electron chi connectivity index (χ0n) is 9.40. The summed E-state index contributed by atoms with van der Waals surface area (Å²) in [6, 6.07) is 18.1. The molecule has 3 heteroatoms. The first-order valence-electron chi connectivity index (χ1n) is 5.55. The first kappa shape index (κ1) is 11.9. The molecule has 18 heavy (non-hydrogen) atoms. The molecule has 0 unspecified atom stereocenters. The Morgan fingerprint density at radius 3 is 2.50 bits per heavy atom. The normalized spacial score (nSPS) is 10.8. The van der Waals surface area contributed by atoms with Crippen molar-refractivity contribution in [1.29, 1.82) is 0 Å². The van der Waals surface area contributed by atoms with Gasteiger partial charge in [-0.3, -0.25) is 0 Å². The lowest BCUT2D eigenvalue weighted by molar-refractivity contribution is 1.40. The van der Waals surface area contributed by atoms with Crippen molar-refractivity contribution in [2.45, 2.75) is 0 Å². The number of rotatable bonds is 1. The van der Waals surface area contributed by atoms with Crippen molar-refractivity contribution >= 4 is 45.1 Å². The van der Waals surface area contributed by atoms with Gasteiger partial charge >= 0.3 is 0 Å². The van der Waals surface area contributed by atoms with Crippen molar-refractivity contribution in [3.63, 3.8) is 0 Å². The van der Waals surface area contributed by atoms with E-state index in [-0.39, 0.29) is 0 Å². The molecule has 0 saturated heterocycles. The Labute approximate surface area is 124 Å². The Bertz CT molecular complexity index is 710. The van der Waals surface area contributed by atoms with Gasteiger partial charge in [-0.15, -0.1) is 0 Å². The SMILES string of the molecule is Clc1cc(-c2ccccc2)nc2ccc(I)cc12. The van der Waals surface area contributed by atoms with E-state index >= 15 is 0 Å². The standard InChI is InChI=1S/C15H9ClIN/c16-13-9-15(10-4-2-1-3-5-10)18-14-7-6-11(17)8-12(13)14/h1-9H. The van der Waals surface area contributed by atoms with Crippen LogP contribution in [0.25, 0.3) is 22.2 Å². The largest absolute Gasteiger partial charge is 0.248 e. The van der Waals surface area contributed by atoms with E-state index in [9.17, 15) is 0 Å². The molecular formula is C15H9ClIN. The maximum atomic E-state index is 6.34. The average Bonchev–Trinajstić information content (AvgIpc) is 2.40. The third kappa shape index (κ3) is 2.22. The highest BCUT2D eigenvalue weighted by Gasteiger charge is 2.06. The van der Waals surface area contributed by atoms with E-state index in [0.717, 1.165) is 30.8 Å². The van der Waals surface area contributed by atoms with Crippen molar-refractivity contribution in [1.82, 2.24) is 4.98 Å². The van der Waals surface area contributed by atoms with Crippen LogP contribution in [0.1, 0.15) is 0 Å². The number of hydrogen-bond acceptors (Lipinski definition) is 1. The minimum absolute atomic E-state index is 0.748. The molecular weight excluding hydrogens is 357 g/mol. The molecule has 88 valence electrons. The molecule has 0 aliphatic rings. The van der Waals surface area contributed by atoms with E-state index in [0.29, 0.717) is 0 Å². The summed E-state index contributed by atoms with van der Waals surface area (Å²) in [5.74, 6) is 0. The zero-order chi connectivity index (χ0) is 12.5. The maximum Gasteiger partial charge on any atom is 0.0725 e. The number of halogens is 2. The molecule has 1 nitrogen and oxygen atoms in total. The van der Waals surface area contributed by atoms with Crippen LogP contribution in [0, 0.1) is 3.57 Å². The van der Waals surface area contributed by atoms with Crippen LogP contribution in [0.4, 0.5) is 0 Å². The topological polar surface area (TPSA) is 12.9 Å².